The van der Waals surface area contributed by atoms with Gasteiger partial charge in [0.05, 0.1) is 5.56 Å². The molecular weight excluding hydrogens is 316 g/mol. The van der Waals surface area contributed by atoms with Gasteiger partial charge in [-0.2, -0.15) is 0 Å². The number of benzene rings is 2. The maximum atomic E-state index is 12.4. The van der Waals surface area contributed by atoms with Crippen molar-refractivity contribution in [2.45, 2.75) is 13.8 Å². The highest BCUT2D eigenvalue weighted by Crippen LogP contribution is 2.34. The molecule has 0 saturated carbocycles. The molecule has 0 radical (unpaired) electrons. The number of rotatable bonds is 1. The van der Waals surface area contributed by atoms with Crippen LogP contribution >= 0.6 is 15.9 Å². The molecular formula is C17H13BrO2. The quantitative estimate of drug-likeness (QED) is 0.710. The first-order valence-corrected chi connectivity index (χ1v) is 7.15. The van der Waals surface area contributed by atoms with Crippen LogP contribution in [0.2, 0.25) is 0 Å². The van der Waals surface area contributed by atoms with Gasteiger partial charge in [-0.05, 0) is 54.8 Å². The molecule has 2 aromatic carbocycles. The summed E-state index contributed by atoms with van der Waals surface area (Å²) in [6, 6.07) is 11.6. The van der Waals surface area contributed by atoms with E-state index in [9.17, 15) is 4.79 Å². The molecule has 3 rings (SSSR count). The Morgan fingerprint density at radius 2 is 1.80 bits per heavy atom. The average Bonchev–Trinajstić information content (AvgIpc) is 2.70. The van der Waals surface area contributed by atoms with Gasteiger partial charge in [-0.15, -0.1) is 0 Å². The van der Waals surface area contributed by atoms with Crippen LogP contribution in [0.5, 0.6) is 5.75 Å². The standard InChI is InChI=1S/C17H13BrO2/c1-10-7-13-15(8-11(10)2)20-16(17(13)19)9-12-5-3-4-6-14(12)18/h3-9H,1-2H3/b16-9-. The first-order chi connectivity index (χ1) is 9.56. The molecule has 2 nitrogen and oxygen atoms in total. The summed E-state index contributed by atoms with van der Waals surface area (Å²) in [7, 11) is 0. The molecule has 2 aromatic rings. The van der Waals surface area contributed by atoms with E-state index in [1.165, 1.54) is 0 Å². The summed E-state index contributed by atoms with van der Waals surface area (Å²) in [5.74, 6) is 0.965. The summed E-state index contributed by atoms with van der Waals surface area (Å²) >= 11 is 3.47. The number of ether oxygens (including phenoxy) is 1. The second-order valence-corrected chi connectivity index (χ2v) is 5.75. The molecule has 0 amide bonds. The molecule has 1 aliphatic heterocycles. The molecule has 100 valence electrons. The van der Waals surface area contributed by atoms with Gasteiger partial charge in [0.2, 0.25) is 5.78 Å². The van der Waals surface area contributed by atoms with Crippen molar-refractivity contribution in [2.75, 3.05) is 0 Å². The Morgan fingerprint density at radius 3 is 2.55 bits per heavy atom. The molecule has 0 saturated heterocycles. The Kier molecular flexibility index (Phi) is 3.22. The zero-order chi connectivity index (χ0) is 14.3. The lowest BCUT2D eigenvalue weighted by Crippen LogP contribution is -1.98. The van der Waals surface area contributed by atoms with Crippen molar-refractivity contribution >= 4 is 27.8 Å². The predicted molar refractivity (Wildman–Crippen MR) is 83.0 cm³/mol. The number of Topliss-reactive ketones (excluding diaryl/α,β-unsaturated/α-hetero) is 1. The van der Waals surface area contributed by atoms with E-state index >= 15 is 0 Å². The number of carbonyl (C=O) groups is 1. The van der Waals surface area contributed by atoms with E-state index in [-0.39, 0.29) is 5.78 Å². The number of allylic oxidation sites excluding steroid dienone is 1. The van der Waals surface area contributed by atoms with Crippen LogP contribution in [0, 0.1) is 13.8 Å². The summed E-state index contributed by atoms with van der Waals surface area (Å²) in [5.41, 5.74) is 3.80. The number of halogens is 1. The van der Waals surface area contributed by atoms with Crippen molar-refractivity contribution in [1.29, 1.82) is 0 Å². The first-order valence-electron chi connectivity index (χ1n) is 6.36. The summed E-state index contributed by atoms with van der Waals surface area (Å²) in [5, 5.41) is 0. The molecule has 0 N–H and O–H groups in total. The van der Waals surface area contributed by atoms with Crippen LogP contribution in [0.15, 0.2) is 46.6 Å². The number of hydrogen-bond donors (Lipinski definition) is 0. The molecule has 20 heavy (non-hydrogen) atoms. The lowest BCUT2D eigenvalue weighted by molar-refractivity contribution is 0.101. The van der Waals surface area contributed by atoms with Gasteiger partial charge in [0, 0.05) is 4.47 Å². The van der Waals surface area contributed by atoms with E-state index in [0.717, 1.165) is 21.2 Å². The van der Waals surface area contributed by atoms with Gasteiger partial charge in [-0.1, -0.05) is 34.1 Å². The van der Waals surface area contributed by atoms with Gasteiger partial charge in [-0.25, -0.2) is 0 Å². The summed E-state index contributed by atoms with van der Waals surface area (Å²) in [6.07, 6.45) is 1.77. The lowest BCUT2D eigenvalue weighted by Gasteiger charge is -2.02. The Hall–Kier alpha value is -1.87. The van der Waals surface area contributed by atoms with Gasteiger partial charge < -0.3 is 4.74 Å². The van der Waals surface area contributed by atoms with E-state index in [1.54, 1.807) is 6.08 Å². The summed E-state index contributed by atoms with van der Waals surface area (Å²) in [6.45, 7) is 4.01. The fourth-order valence-electron chi connectivity index (χ4n) is 2.18. The third-order valence-corrected chi connectivity index (χ3v) is 4.20. The van der Waals surface area contributed by atoms with Crippen LogP contribution in [0.4, 0.5) is 0 Å². The normalized spacial score (nSPS) is 15.3. The van der Waals surface area contributed by atoms with Crippen molar-refractivity contribution < 1.29 is 9.53 Å². The molecule has 0 atom stereocenters. The second kappa shape index (κ2) is 4.91. The molecule has 3 heteroatoms. The number of hydrogen-bond acceptors (Lipinski definition) is 2. The van der Waals surface area contributed by atoms with Crippen LogP contribution in [-0.4, -0.2) is 5.78 Å². The molecule has 0 unspecified atom stereocenters. The van der Waals surface area contributed by atoms with Crippen LogP contribution in [-0.2, 0) is 0 Å². The molecule has 0 aromatic heterocycles. The van der Waals surface area contributed by atoms with Crippen molar-refractivity contribution in [3.63, 3.8) is 0 Å². The monoisotopic (exact) mass is 328 g/mol. The lowest BCUT2D eigenvalue weighted by atomic mass is 10.0. The molecule has 0 bridgehead atoms. The fourth-order valence-corrected chi connectivity index (χ4v) is 2.58. The maximum Gasteiger partial charge on any atom is 0.231 e. The molecule has 1 aliphatic rings. The number of fused-ring (bicyclic) bond motifs is 1. The summed E-state index contributed by atoms with van der Waals surface area (Å²) in [4.78, 5) is 12.4. The maximum absolute atomic E-state index is 12.4. The average molecular weight is 329 g/mol. The van der Waals surface area contributed by atoms with E-state index in [2.05, 4.69) is 15.9 Å². The molecule has 0 aliphatic carbocycles. The number of ketones is 1. The zero-order valence-electron chi connectivity index (χ0n) is 11.2. The van der Waals surface area contributed by atoms with Crippen LogP contribution in [0.1, 0.15) is 27.0 Å². The highest BCUT2D eigenvalue weighted by atomic mass is 79.9. The van der Waals surface area contributed by atoms with Crippen molar-refractivity contribution in [2.24, 2.45) is 0 Å². The first kappa shape index (κ1) is 13.1. The van der Waals surface area contributed by atoms with Crippen LogP contribution < -0.4 is 4.74 Å². The van der Waals surface area contributed by atoms with E-state index < -0.39 is 0 Å². The highest BCUT2D eigenvalue weighted by Gasteiger charge is 2.27. The fraction of sp³-hybridized carbons (Fsp3) is 0.118. The Balaban J connectivity index is 2.04. The zero-order valence-corrected chi connectivity index (χ0v) is 12.8. The minimum atomic E-state index is -0.0566. The minimum absolute atomic E-state index is 0.0566. The van der Waals surface area contributed by atoms with Crippen molar-refractivity contribution in [3.05, 3.63) is 68.9 Å². The van der Waals surface area contributed by atoms with Gasteiger partial charge in [0.25, 0.3) is 0 Å². The van der Waals surface area contributed by atoms with Gasteiger partial charge in [-0.3, -0.25) is 4.79 Å². The molecule has 0 fully saturated rings. The third kappa shape index (κ3) is 2.18. The van der Waals surface area contributed by atoms with E-state index in [1.807, 2.05) is 50.2 Å². The number of aryl methyl sites for hydroxylation is 2. The van der Waals surface area contributed by atoms with Gasteiger partial charge >= 0.3 is 0 Å². The van der Waals surface area contributed by atoms with Crippen LogP contribution in [0.3, 0.4) is 0 Å². The smallest absolute Gasteiger partial charge is 0.231 e. The Bertz CT molecular complexity index is 745. The van der Waals surface area contributed by atoms with Crippen molar-refractivity contribution in [1.82, 2.24) is 0 Å². The van der Waals surface area contributed by atoms with Crippen molar-refractivity contribution in [3.8, 4) is 5.75 Å². The summed E-state index contributed by atoms with van der Waals surface area (Å²) < 4.78 is 6.64. The molecule has 1 heterocycles. The largest absolute Gasteiger partial charge is 0.452 e. The topological polar surface area (TPSA) is 26.3 Å². The Morgan fingerprint density at radius 1 is 1.10 bits per heavy atom. The molecule has 0 spiro atoms. The number of carbonyl (C=O) groups excluding carboxylic acids is 1. The second-order valence-electron chi connectivity index (χ2n) is 4.89. The van der Waals surface area contributed by atoms with Gasteiger partial charge in [0.1, 0.15) is 5.75 Å². The Labute approximate surface area is 126 Å². The SMILES string of the molecule is Cc1cc2c(cc1C)C(=O)/C(=C/c1ccccc1Br)O2. The minimum Gasteiger partial charge on any atom is -0.452 e. The predicted octanol–water partition coefficient (Wildman–Crippen LogP) is 4.68. The van der Waals surface area contributed by atoms with E-state index in [0.29, 0.717) is 17.1 Å². The third-order valence-electron chi connectivity index (χ3n) is 3.48. The van der Waals surface area contributed by atoms with Gasteiger partial charge in [0.15, 0.2) is 5.76 Å². The van der Waals surface area contributed by atoms with Crippen LogP contribution in [0.25, 0.3) is 6.08 Å². The highest BCUT2D eigenvalue weighted by molar-refractivity contribution is 9.10. The van der Waals surface area contributed by atoms with E-state index in [4.69, 9.17) is 4.74 Å².